The minimum absolute atomic E-state index is 0.655. The number of hydrogen-bond donors (Lipinski definition) is 2. The molecule has 1 aromatic heterocycles. The van der Waals surface area contributed by atoms with Crippen LogP contribution in [0.5, 0.6) is 0 Å². The van der Waals surface area contributed by atoms with E-state index in [1.54, 1.807) is 6.33 Å². The van der Waals surface area contributed by atoms with Crippen molar-refractivity contribution in [2.75, 3.05) is 0 Å². The summed E-state index contributed by atoms with van der Waals surface area (Å²) in [4.78, 5) is 7.19. The van der Waals surface area contributed by atoms with Gasteiger partial charge in [0.2, 0.25) is 0 Å². The summed E-state index contributed by atoms with van der Waals surface area (Å²) >= 11 is 0. The third-order valence-corrected chi connectivity index (χ3v) is 2.12. The molecule has 3 heteroatoms. The maximum Gasteiger partial charge on any atom is 0.0931 e. The highest BCUT2D eigenvalue weighted by Crippen LogP contribution is 2.16. The highest BCUT2D eigenvalue weighted by Gasteiger charge is 2.13. The lowest BCUT2D eigenvalue weighted by molar-refractivity contribution is 0.0810. The number of H-pyrrole nitrogens is 1. The summed E-state index contributed by atoms with van der Waals surface area (Å²) in [6.07, 6.45) is 2.33. The Morgan fingerprint density at radius 1 is 1.43 bits per heavy atom. The van der Waals surface area contributed by atoms with E-state index in [0.717, 1.165) is 16.6 Å². The number of aromatic nitrogens is 2. The van der Waals surface area contributed by atoms with Gasteiger partial charge in [-0.15, -0.1) is 0 Å². The van der Waals surface area contributed by atoms with E-state index in [1.165, 1.54) is 0 Å². The first-order valence-electron chi connectivity index (χ1n) is 4.69. The fraction of sp³-hybridized carbons (Fsp3) is 0.364. The van der Waals surface area contributed by atoms with Gasteiger partial charge in [-0.2, -0.15) is 0 Å². The third kappa shape index (κ3) is 1.93. The predicted molar refractivity (Wildman–Crippen MR) is 56.1 cm³/mol. The van der Waals surface area contributed by atoms with Gasteiger partial charge < -0.3 is 10.1 Å². The van der Waals surface area contributed by atoms with Gasteiger partial charge >= 0.3 is 0 Å². The summed E-state index contributed by atoms with van der Waals surface area (Å²) in [7, 11) is 0. The van der Waals surface area contributed by atoms with Crippen LogP contribution in [0.15, 0.2) is 24.5 Å². The van der Waals surface area contributed by atoms with Crippen molar-refractivity contribution in [1.82, 2.24) is 9.97 Å². The summed E-state index contributed by atoms with van der Waals surface area (Å²) in [5, 5.41) is 9.67. The van der Waals surface area contributed by atoms with Crippen LogP contribution in [0, 0.1) is 0 Å². The maximum atomic E-state index is 9.67. The minimum atomic E-state index is -0.659. The van der Waals surface area contributed by atoms with Crippen molar-refractivity contribution in [3.05, 3.63) is 30.1 Å². The molecular weight excluding hydrogens is 176 g/mol. The Labute approximate surface area is 82.8 Å². The second-order valence-corrected chi connectivity index (χ2v) is 4.24. The minimum Gasteiger partial charge on any atom is -0.390 e. The van der Waals surface area contributed by atoms with Gasteiger partial charge in [-0.3, -0.25) is 0 Å². The molecule has 0 aliphatic carbocycles. The van der Waals surface area contributed by atoms with Crippen molar-refractivity contribution in [2.24, 2.45) is 0 Å². The molecule has 14 heavy (non-hydrogen) atoms. The Hall–Kier alpha value is -1.35. The highest BCUT2D eigenvalue weighted by molar-refractivity contribution is 5.75. The second kappa shape index (κ2) is 3.10. The van der Waals surface area contributed by atoms with Crippen LogP contribution >= 0.6 is 0 Å². The monoisotopic (exact) mass is 190 g/mol. The molecule has 2 aromatic rings. The Morgan fingerprint density at radius 2 is 2.21 bits per heavy atom. The van der Waals surface area contributed by atoms with Gasteiger partial charge in [0.05, 0.1) is 23.0 Å². The van der Waals surface area contributed by atoms with Crippen LogP contribution in [-0.2, 0) is 6.42 Å². The number of nitrogens with one attached hydrogen (secondary N) is 1. The van der Waals surface area contributed by atoms with E-state index >= 15 is 0 Å². The van der Waals surface area contributed by atoms with Crippen molar-refractivity contribution < 1.29 is 5.11 Å². The zero-order valence-electron chi connectivity index (χ0n) is 8.41. The van der Waals surface area contributed by atoms with Crippen LogP contribution < -0.4 is 0 Å². The van der Waals surface area contributed by atoms with E-state index < -0.39 is 5.60 Å². The van der Waals surface area contributed by atoms with E-state index in [1.807, 2.05) is 32.0 Å². The highest BCUT2D eigenvalue weighted by atomic mass is 16.3. The van der Waals surface area contributed by atoms with Gasteiger partial charge in [-0.1, -0.05) is 6.07 Å². The first-order chi connectivity index (χ1) is 6.54. The lowest BCUT2D eigenvalue weighted by atomic mass is 9.98. The van der Waals surface area contributed by atoms with E-state index in [2.05, 4.69) is 9.97 Å². The van der Waals surface area contributed by atoms with E-state index in [-0.39, 0.29) is 0 Å². The first-order valence-corrected chi connectivity index (χ1v) is 4.69. The van der Waals surface area contributed by atoms with Gasteiger partial charge in [0.15, 0.2) is 0 Å². The average Bonchev–Trinajstić information content (AvgIpc) is 2.47. The molecule has 1 aromatic carbocycles. The number of fused-ring (bicyclic) bond motifs is 1. The molecule has 2 rings (SSSR count). The van der Waals surface area contributed by atoms with Crippen LogP contribution in [0.4, 0.5) is 0 Å². The zero-order chi connectivity index (χ0) is 10.2. The van der Waals surface area contributed by atoms with Gasteiger partial charge in [-0.25, -0.2) is 4.98 Å². The molecule has 0 spiro atoms. The molecule has 3 nitrogen and oxygen atoms in total. The van der Waals surface area contributed by atoms with Crippen molar-refractivity contribution >= 4 is 11.0 Å². The normalized spacial score (nSPS) is 12.2. The number of rotatable bonds is 2. The molecule has 74 valence electrons. The Bertz CT molecular complexity index is 440. The van der Waals surface area contributed by atoms with Gasteiger partial charge in [0, 0.05) is 6.42 Å². The van der Waals surface area contributed by atoms with Crippen LogP contribution in [0.1, 0.15) is 19.4 Å². The zero-order valence-corrected chi connectivity index (χ0v) is 8.41. The first kappa shape index (κ1) is 9.21. The van der Waals surface area contributed by atoms with Gasteiger partial charge in [0.1, 0.15) is 0 Å². The van der Waals surface area contributed by atoms with Crippen LogP contribution in [0.3, 0.4) is 0 Å². The molecule has 0 amide bonds. The van der Waals surface area contributed by atoms with Crippen LogP contribution in [0.25, 0.3) is 11.0 Å². The van der Waals surface area contributed by atoms with Crippen molar-refractivity contribution in [1.29, 1.82) is 0 Å². The largest absolute Gasteiger partial charge is 0.390 e. The Kier molecular flexibility index (Phi) is 2.04. The number of aliphatic hydroxyl groups is 1. The molecule has 0 aliphatic heterocycles. The third-order valence-electron chi connectivity index (χ3n) is 2.12. The molecule has 0 unspecified atom stereocenters. The Morgan fingerprint density at radius 3 is 2.93 bits per heavy atom. The van der Waals surface area contributed by atoms with Gasteiger partial charge in [0.25, 0.3) is 0 Å². The van der Waals surface area contributed by atoms with Crippen LogP contribution in [0.2, 0.25) is 0 Å². The smallest absolute Gasteiger partial charge is 0.0931 e. The molecule has 0 saturated carbocycles. The molecule has 0 fully saturated rings. The van der Waals surface area contributed by atoms with Gasteiger partial charge in [-0.05, 0) is 31.5 Å². The Balaban J connectivity index is 2.35. The van der Waals surface area contributed by atoms with Crippen molar-refractivity contribution in [2.45, 2.75) is 25.9 Å². The molecule has 0 aliphatic rings. The predicted octanol–water partition coefficient (Wildman–Crippen LogP) is 1.88. The van der Waals surface area contributed by atoms with Crippen LogP contribution in [-0.4, -0.2) is 20.7 Å². The SMILES string of the molecule is CC(C)(O)Cc1ccc2nc[nH]c2c1. The van der Waals surface area contributed by atoms with E-state index in [0.29, 0.717) is 6.42 Å². The summed E-state index contributed by atoms with van der Waals surface area (Å²) in [5.74, 6) is 0. The molecule has 2 N–H and O–H groups in total. The van der Waals surface area contributed by atoms with E-state index in [4.69, 9.17) is 0 Å². The standard InChI is InChI=1S/C11H14N2O/c1-11(2,14)6-8-3-4-9-10(5-8)13-7-12-9/h3-5,7,14H,6H2,1-2H3,(H,12,13). The topological polar surface area (TPSA) is 48.9 Å². The molecule has 0 radical (unpaired) electrons. The summed E-state index contributed by atoms with van der Waals surface area (Å²) < 4.78 is 0. The molecule has 0 bridgehead atoms. The summed E-state index contributed by atoms with van der Waals surface area (Å²) in [6, 6.07) is 5.99. The number of nitrogens with zero attached hydrogens (tertiary/aromatic N) is 1. The number of hydrogen-bond acceptors (Lipinski definition) is 2. The van der Waals surface area contributed by atoms with Crippen molar-refractivity contribution in [3.8, 4) is 0 Å². The number of aromatic amines is 1. The quantitative estimate of drug-likeness (QED) is 0.759. The summed E-state index contributed by atoms with van der Waals surface area (Å²) in [6.45, 7) is 3.62. The average molecular weight is 190 g/mol. The lowest BCUT2D eigenvalue weighted by Gasteiger charge is -2.16. The molecular formula is C11H14N2O. The fourth-order valence-corrected chi connectivity index (χ4v) is 1.59. The molecule has 1 heterocycles. The maximum absolute atomic E-state index is 9.67. The molecule has 0 atom stereocenters. The summed E-state index contributed by atoms with van der Waals surface area (Å²) in [5.41, 5.74) is 2.44. The lowest BCUT2D eigenvalue weighted by Crippen LogP contribution is -2.21. The van der Waals surface area contributed by atoms with E-state index in [9.17, 15) is 5.11 Å². The number of imidazole rings is 1. The number of benzene rings is 1. The fourth-order valence-electron chi connectivity index (χ4n) is 1.59. The van der Waals surface area contributed by atoms with Crippen molar-refractivity contribution in [3.63, 3.8) is 0 Å². The second-order valence-electron chi connectivity index (χ2n) is 4.24. The molecule has 0 saturated heterocycles.